The van der Waals surface area contributed by atoms with Crippen molar-refractivity contribution in [3.05, 3.63) is 77.0 Å². The number of hydrogen-bond acceptors (Lipinski definition) is 3. The molecule has 0 spiro atoms. The second-order valence-corrected chi connectivity index (χ2v) is 6.10. The molecular weight excluding hydrogens is 332 g/mol. The van der Waals surface area contributed by atoms with E-state index in [0.29, 0.717) is 13.0 Å². The highest BCUT2D eigenvalue weighted by Crippen LogP contribution is 2.15. The molecule has 3 heterocycles. The maximum atomic E-state index is 12.8. The monoisotopic (exact) mass is 350 g/mol. The van der Waals surface area contributed by atoms with Crippen molar-refractivity contribution in [1.29, 1.82) is 0 Å². The Hall–Kier alpha value is -3.55. The van der Waals surface area contributed by atoms with E-state index in [2.05, 4.69) is 25.3 Å². The summed E-state index contributed by atoms with van der Waals surface area (Å²) in [6.45, 7) is 0.378. The van der Waals surface area contributed by atoms with E-state index in [9.17, 15) is 9.59 Å². The normalized spacial score (nSPS) is 12.3. The Labute approximate surface area is 148 Å². The Kier molecular flexibility index (Phi) is 4.14. The molecular formula is C18H18N6O2. The molecule has 0 aliphatic rings. The van der Waals surface area contributed by atoms with Gasteiger partial charge < -0.3 is 24.8 Å². The molecule has 0 aliphatic heterocycles. The molecule has 1 aromatic carbocycles. The third-order valence-corrected chi connectivity index (χ3v) is 4.31. The number of nitrogens with one attached hydrogen (secondary N) is 4. The number of aromatic amines is 3. The van der Waals surface area contributed by atoms with Gasteiger partial charge in [0.2, 0.25) is 5.91 Å². The molecule has 132 valence electrons. The number of aromatic nitrogens is 5. The Morgan fingerprint density at radius 3 is 2.77 bits per heavy atom. The molecule has 4 N–H and O–H groups in total. The van der Waals surface area contributed by atoms with Crippen LogP contribution < -0.4 is 11.0 Å². The van der Waals surface area contributed by atoms with Gasteiger partial charge in [0.05, 0.1) is 17.4 Å². The van der Waals surface area contributed by atoms with Crippen LogP contribution in [0.5, 0.6) is 0 Å². The molecule has 0 radical (unpaired) electrons. The number of nitrogens with zero attached hydrogens (tertiary/aromatic N) is 2. The van der Waals surface area contributed by atoms with Gasteiger partial charge in [0, 0.05) is 37.3 Å². The zero-order valence-corrected chi connectivity index (χ0v) is 13.9. The smallest absolute Gasteiger partial charge is 0.323 e. The van der Waals surface area contributed by atoms with Gasteiger partial charge in [-0.25, -0.2) is 9.78 Å². The van der Waals surface area contributed by atoms with E-state index in [-0.39, 0.29) is 17.6 Å². The number of hydrogen-bond donors (Lipinski definition) is 4. The molecule has 0 aliphatic carbocycles. The van der Waals surface area contributed by atoms with Crippen LogP contribution in [-0.2, 0) is 17.8 Å². The highest BCUT2D eigenvalue weighted by molar-refractivity contribution is 5.81. The lowest BCUT2D eigenvalue weighted by atomic mass is 10.1. The molecule has 1 amide bonds. The van der Waals surface area contributed by atoms with Crippen molar-refractivity contribution in [3.63, 3.8) is 0 Å². The number of carbonyl (C=O) groups is 1. The quantitative estimate of drug-likeness (QED) is 0.422. The van der Waals surface area contributed by atoms with Gasteiger partial charge in [-0.3, -0.25) is 4.79 Å². The minimum atomic E-state index is -0.374. The number of imidazole rings is 2. The van der Waals surface area contributed by atoms with E-state index in [1.807, 2.05) is 47.3 Å². The number of H-pyrrole nitrogens is 3. The summed E-state index contributed by atoms with van der Waals surface area (Å²) in [5, 5.41) is 2.97. The first-order valence-corrected chi connectivity index (χ1v) is 8.27. The number of amides is 1. The Morgan fingerprint density at radius 2 is 2.00 bits per heavy atom. The van der Waals surface area contributed by atoms with Gasteiger partial charge in [-0.15, -0.1) is 0 Å². The van der Waals surface area contributed by atoms with Crippen molar-refractivity contribution in [2.24, 2.45) is 0 Å². The average molecular weight is 350 g/mol. The first-order valence-electron chi connectivity index (χ1n) is 8.27. The van der Waals surface area contributed by atoms with E-state index in [4.69, 9.17) is 0 Å². The standard InChI is InChI=1S/C18H18N6O2/c25-17(16(24-5-1-2-6-24)8-13-10-19-11-21-13)20-9-12-3-4-14-15(7-12)23-18(26)22-14/h1-7,10-11,16H,8-9H2,(H,19,21)(H,20,25)(H2,22,23,26)/t16-/m1/s1. The molecule has 3 aromatic heterocycles. The molecule has 4 aromatic rings. The topological polar surface area (TPSA) is 111 Å². The van der Waals surface area contributed by atoms with Crippen LogP contribution in [0.15, 0.2) is 60.0 Å². The van der Waals surface area contributed by atoms with Crippen molar-refractivity contribution < 1.29 is 4.79 Å². The first-order chi connectivity index (χ1) is 12.7. The van der Waals surface area contributed by atoms with Crippen LogP contribution in [0.1, 0.15) is 17.3 Å². The van der Waals surface area contributed by atoms with Gasteiger partial charge in [-0.05, 0) is 29.8 Å². The lowest BCUT2D eigenvalue weighted by molar-refractivity contribution is -0.124. The Morgan fingerprint density at radius 1 is 1.19 bits per heavy atom. The zero-order valence-electron chi connectivity index (χ0n) is 13.9. The highest BCUT2D eigenvalue weighted by atomic mass is 16.2. The third-order valence-electron chi connectivity index (χ3n) is 4.31. The van der Waals surface area contributed by atoms with Crippen LogP contribution in [0.2, 0.25) is 0 Å². The molecule has 0 bridgehead atoms. The summed E-state index contributed by atoms with van der Waals surface area (Å²) in [5.74, 6) is -0.0848. The number of rotatable bonds is 6. The number of benzene rings is 1. The van der Waals surface area contributed by atoms with Crippen molar-refractivity contribution in [3.8, 4) is 0 Å². The van der Waals surface area contributed by atoms with Gasteiger partial charge in [0.15, 0.2) is 0 Å². The minimum absolute atomic E-state index is 0.0848. The molecule has 0 fully saturated rings. The predicted octanol–water partition coefficient (Wildman–Crippen LogP) is 1.48. The molecule has 8 heteroatoms. The van der Waals surface area contributed by atoms with E-state index in [1.54, 1.807) is 12.5 Å². The Bertz CT molecular complexity index is 1060. The van der Waals surface area contributed by atoms with Crippen molar-refractivity contribution in [2.75, 3.05) is 0 Å². The molecule has 26 heavy (non-hydrogen) atoms. The van der Waals surface area contributed by atoms with Crippen molar-refractivity contribution >= 4 is 16.9 Å². The van der Waals surface area contributed by atoms with E-state index in [1.165, 1.54) is 0 Å². The Balaban J connectivity index is 1.49. The summed E-state index contributed by atoms with van der Waals surface area (Å²) in [7, 11) is 0. The SMILES string of the molecule is O=C(NCc1ccc2[nH]c(=O)[nH]c2c1)[C@@H](Cc1cnc[nH]1)n1cccc1. The van der Waals surface area contributed by atoms with E-state index >= 15 is 0 Å². The summed E-state index contributed by atoms with van der Waals surface area (Å²) in [6, 6.07) is 8.97. The summed E-state index contributed by atoms with van der Waals surface area (Å²) < 4.78 is 1.88. The molecule has 1 atom stereocenters. The summed E-state index contributed by atoms with van der Waals surface area (Å²) in [6.07, 6.45) is 7.59. The van der Waals surface area contributed by atoms with Crippen LogP contribution in [0.4, 0.5) is 0 Å². The highest BCUT2D eigenvalue weighted by Gasteiger charge is 2.20. The van der Waals surface area contributed by atoms with Gasteiger partial charge in [-0.1, -0.05) is 6.07 Å². The summed E-state index contributed by atoms with van der Waals surface area (Å²) >= 11 is 0. The van der Waals surface area contributed by atoms with Crippen LogP contribution in [0, 0.1) is 0 Å². The minimum Gasteiger partial charge on any atom is -0.350 e. The lowest BCUT2D eigenvalue weighted by Gasteiger charge is -2.18. The maximum absolute atomic E-state index is 12.8. The van der Waals surface area contributed by atoms with Gasteiger partial charge >= 0.3 is 5.69 Å². The van der Waals surface area contributed by atoms with Crippen LogP contribution in [0.25, 0.3) is 11.0 Å². The number of fused-ring (bicyclic) bond motifs is 1. The molecule has 0 unspecified atom stereocenters. The fourth-order valence-electron chi connectivity index (χ4n) is 2.99. The second-order valence-electron chi connectivity index (χ2n) is 6.10. The van der Waals surface area contributed by atoms with Crippen LogP contribution in [-0.4, -0.2) is 30.4 Å². The first kappa shape index (κ1) is 15.9. The lowest BCUT2D eigenvalue weighted by Crippen LogP contribution is -2.33. The zero-order chi connectivity index (χ0) is 17.9. The fourth-order valence-corrected chi connectivity index (χ4v) is 2.99. The maximum Gasteiger partial charge on any atom is 0.323 e. The van der Waals surface area contributed by atoms with Gasteiger partial charge in [0.1, 0.15) is 6.04 Å². The van der Waals surface area contributed by atoms with Crippen LogP contribution >= 0.6 is 0 Å². The third kappa shape index (κ3) is 3.30. The van der Waals surface area contributed by atoms with E-state index < -0.39 is 0 Å². The second kappa shape index (κ2) is 6.75. The molecule has 8 nitrogen and oxygen atoms in total. The largest absolute Gasteiger partial charge is 0.350 e. The van der Waals surface area contributed by atoms with Crippen molar-refractivity contribution in [1.82, 2.24) is 29.8 Å². The molecule has 0 saturated heterocycles. The van der Waals surface area contributed by atoms with Gasteiger partial charge in [-0.2, -0.15) is 0 Å². The van der Waals surface area contributed by atoms with Gasteiger partial charge in [0.25, 0.3) is 0 Å². The summed E-state index contributed by atoms with van der Waals surface area (Å²) in [5.41, 5.74) is 3.03. The van der Waals surface area contributed by atoms with E-state index in [0.717, 1.165) is 22.3 Å². The van der Waals surface area contributed by atoms with Crippen molar-refractivity contribution in [2.45, 2.75) is 19.0 Å². The number of carbonyl (C=O) groups excluding carboxylic acids is 1. The van der Waals surface area contributed by atoms with Crippen LogP contribution in [0.3, 0.4) is 0 Å². The summed E-state index contributed by atoms with van der Waals surface area (Å²) in [4.78, 5) is 36.6. The fraction of sp³-hybridized carbons (Fsp3) is 0.167. The molecule has 0 saturated carbocycles. The predicted molar refractivity (Wildman–Crippen MR) is 96.5 cm³/mol. The average Bonchev–Trinajstić information content (AvgIpc) is 3.37. The molecule has 4 rings (SSSR count).